The molecule has 0 fully saturated rings. The van der Waals surface area contributed by atoms with Crippen LogP contribution < -0.4 is 0 Å². The van der Waals surface area contributed by atoms with Crippen LogP contribution in [0.5, 0.6) is 0 Å². The Labute approximate surface area is 226 Å². The largest absolute Gasteiger partial charge is 0.462 e. The van der Waals surface area contributed by atoms with E-state index >= 15 is 0 Å². The molecule has 0 bridgehead atoms. The van der Waals surface area contributed by atoms with Crippen molar-refractivity contribution in [2.24, 2.45) is 17.8 Å². The maximum absolute atomic E-state index is 13.5. The Morgan fingerprint density at radius 1 is 0.947 bits per heavy atom. The molecule has 0 aromatic heterocycles. The van der Waals surface area contributed by atoms with Gasteiger partial charge in [-0.15, -0.1) is 0 Å². The number of benzene rings is 1. The van der Waals surface area contributed by atoms with Gasteiger partial charge in [-0.1, -0.05) is 63.3 Å². The molecule has 0 radical (unpaired) electrons. The Balaban J connectivity index is 2.57. The van der Waals surface area contributed by atoms with Crippen molar-refractivity contribution in [3.8, 4) is 0 Å². The van der Waals surface area contributed by atoms with Crippen molar-refractivity contribution in [1.82, 2.24) is 4.90 Å². The number of carbonyl (C=O) groups excluding carboxylic acids is 4. The first kappa shape index (κ1) is 30.8. The van der Waals surface area contributed by atoms with Gasteiger partial charge in [-0.3, -0.25) is 14.4 Å². The van der Waals surface area contributed by atoms with Crippen LogP contribution in [0.25, 0.3) is 0 Å². The number of cyclic esters (lactones) is 1. The van der Waals surface area contributed by atoms with E-state index in [2.05, 4.69) is 0 Å². The van der Waals surface area contributed by atoms with Gasteiger partial charge in [0.15, 0.2) is 0 Å². The Bertz CT molecular complexity index is 1050. The highest BCUT2D eigenvalue weighted by atomic mass is 16.6. The van der Waals surface area contributed by atoms with Gasteiger partial charge in [-0.05, 0) is 31.1 Å². The quantitative estimate of drug-likeness (QED) is 0.327. The Hall–Kier alpha value is -3.42. The summed E-state index contributed by atoms with van der Waals surface area (Å²) in [6.07, 6.45) is 3.40. The van der Waals surface area contributed by atoms with Crippen molar-refractivity contribution >= 4 is 23.8 Å². The molecule has 1 amide bonds. The molecule has 2 rings (SSSR count). The van der Waals surface area contributed by atoms with Crippen molar-refractivity contribution in [3.05, 3.63) is 59.7 Å². The second-order valence-electron chi connectivity index (χ2n) is 10.2. The molecule has 0 unspecified atom stereocenters. The number of carbonyl (C=O) groups is 4. The topological polar surface area (TPSA) is 99.2 Å². The van der Waals surface area contributed by atoms with E-state index in [0.717, 1.165) is 11.1 Å². The summed E-state index contributed by atoms with van der Waals surface area (Å²) in [5.41, 5.74) is 1.64. The van der Waals surface area contributed by atoms with Crippen LogP contribution in [0.15, 0.2) is 54.1 Å². The molecule has 0 spiro atoms. The lowest BCUT2D eigenvalue weighted by atomic mass is 9.86. The van der Waals surface area contributed by atoms with Gasteiger partial charge in [0.05, 0.1) is 0 Å². The first-order valence-corrected chi connectivity index (χ1v) is 13.0. The molecule has 1 aromatic carbocycles. The third kappa shape index (κ3) is 8.57. The zero-order valence-electron chi connectivity index (χ0n) is 23.7. The van der Waals surface area contributed by atoms with Crippen LogP contribution in [0, 0.1) is 17.8 Å². The third-order valence-corrected chi connectivity index (χ3v) is 7.03. The fourth-order valence-electron chi connectivity index (χ4n) is 4.74. The zero-order valence-corrected chi connectivity index (χ0v) is 23.7. The Morgan fingerprint density at radius 2 is 1.55 bits per heavy atom. The molecule has 1 heterocycles. The van der Waals surface area contributed by atoms with E-state index in [1.165, 1.54) is 24.8 Å². The van der Waals surface area contributed by atoms with E-state index in [-0.39, 0.29) is 30.1 Å². The summed E-state index contributed by atoms with van der Waals surface area (Å²) in [5.74, 6) is -2.80. The maximum Gasteiger partial charge on any atom is 0.329 e. The van der Waals surface area contributed by atoms with E-state index in [0.29, 0.717) is 0 Å². The van der Waals surface area contributed by atoms with Crippen LogP contribution in [0.4, 0.5) is 0 Å². The number of hydrogen-bond donors (Lipinski definition) is 0. The van der Waals surface area contributed by atoms with Crippen LogP contribution in [0.3, 0.4) is 0 Å². The van der Waals surface area contributed by atoms with Crippen LogP contribution in [0.2, 0.25) is 0 Å². The van der Waals surface area contributed by atoms with Gasteiger partial charge < -0.3 is 19.1 Å². The van der Waals surface area contributed by atoms with E-state index in [1.807, 2.05) is 64.1 Å². The second kappa shape index (κ2) is 13.9. The molecular weight excluding hydrogens is 486 g/mol. The average Bonchev–Trinajstić information content (AvgIpc) is 2.86. The molecule has 1 aromatic rings. The molecule has 1 aliphatic rings. The fraction of sp³-hybridized carbons (Fsp3) is 0.533. The highest BCUT2D eigenvalue weighted by Gasteiger charge is 2.35. The number of likely N-dealkylation sites (N-methyl/N-ethyl adjacent to an activating group) is 1. The molecule has 0 saturated carbocycles. The minimum absolute atomic E-state index is 0.271. The lowest BCUT2D eigenvalue weighted by molar-refractivity contribution is -0.165. The molecule has 1 aliphatic heterocycles. The summed E-state index contributed by atoms with van der Waals surface area (Å²) in [5, 5.41) is 0. The first-order chi connectivity index (χ1) is 17.8. The summed E-state index contributed by atoms with van der Waals surface area (Å²) >= 11 is 0. The van der Waals surface area contributed by atoms with Gasteiger partial charge >= 0.3 is 17.9 Å². The van der Waals surface area contributed by atoms with Crippen LogP contribution in [-0.4, -0.2) is 60.1 Å². The highest BCUT2D eigenvalue weighted by Crippen LogP contribution is 2.28. The summed E-state index contributed by atoms with van der Waals surface area (Å²) < 4.78 is 17.2. The van der Waals surface area contributed by atoms with Crippen LogP contribution in [-0.2, 0) is 39.8 Å². The normalized spacial score (nSPS) is 29.4. The molecular formula is C30H41NO7. The zero-order chi connectivity index (χ0) is 28.6. The van der Waals surface area contributed by atoms with E-state index < -0.39 is 42.3 Å². The molecule has 0 saturated heterocycles. The van der Waals surface area contributed by atoms with Crippen LogP contribution >= 0.6 is 0 Å². The van der Waals surface area contributed by atoms with Crippen molar-refractivity contribution in [3.63, 3.8) is 0 Å². The van der Waals surface area contributed by atoms with Gasteiger partial charge in [-0.2, -0.15) is 0 Å². The molecule has 38 heavy (non-hydrogen) atoms. The number of esters is 3. The molecule has 7 atom stereocenters. The smallest absolute Gasteiger partial charge is 0.329 e. The van der Waals surface area contributed by atoms with Gasteiger partial charge in [0.2, 0.25) is 5.91 Å². The minimum Gasteiger partial charge on any atom is -0.462 e. The predicted octanol–water partition coefficient (Wildman–Crippen LogP) is 4.28. The van der Waals surface area contributed by atoms with Gasteiger partial charge in [-0.25, -0.2) is 4.79 Å². The summed E-state index contributed by atoms with van der Waals surface area (Å²) in [7, 11) is 1.57. The molecule has 0 aliphatic carbocycles. The fourth-order valence-corrected chi connectivity index (χ4v) is 4.74. The minimum atomic E-state index is -0.877. The lowest BCUT2D eigenvalue weighted by Crippen LogP contribution is -2.46. The van der Waals surface area contributed by atoms with E-state index in [9.17, 15) is 19.2 Å². The number of rotatable bonds is 4. The SMILES string of the molecule is CC(=O)O[C@H]1[C@@H](C)[C@H](C)OC(=O)[C@H](Cc2ccccc2)N(C)C(=O)C=C[C@@H](C)[C@H](OC(C)=O)C(C)=C[C@@H]1C. The predicted molar refractivity (Wildman–Crippen MR) is 144 cm³/mol. The monoisotopic (exact) mass is 527 g/mol. The molecule has 0 N–H and O–H groups in total. The molecule has 8 heteroatoms. The maximum atomic E-state index is 13.5. The van der Waals surface area contributed by atoms with Crippen molar-refractivity contribution in [1.29, 1.82) is 0 Å². The molecule has 8 nitrogen and oxygen atoms in total. The van der Waals surface area contributed by atoms with Gasteiger partial charge in [0.25, 0.3) is 0 Å². The van der Waals surface area contributed by atoms with Crippen molar-refractivity contribution in [2.75, 3.05) is 7.05 Å². The lowest BCUT2D eigenvalue weighted by Gasteiger charge is -2.33. The number of nitrogens with zero attached hydrogens (tertiary/aromatic N) is 1. The first-order valence-electron chi connectivity index (χ1n) is 13.0. The van der Waals surface area contributed by atoms with Crippen molar-refractivity contribution < 1.29 is 33.4 Å². The third-order valence-electron chi connectivity index (χ3n) is 7.03. The second-order valence-corrected chi connectivity index (χ2v) is 10.2. The number of ether oxygens (including phenoxy) is 3. The van der Waals surface area contributed by atoms with E-state index in [4.69, 9.17) is 14.2 Å². The summed E-state index contributed by atoms with van der Waals surface area (Å²) in [4.78, 5) is 51.9. The van der Waals surface area contributed by atoms with Gasteiger partial charge in [0.1, 0.15) is 24.4 Å². The highest BCUT2D eigenvalue weighted by molar-refractivity contribution is 5.91. The number of hydrogen-bond acceptors (Lipinski definition) is 7. The Morgan fingerprint density at radius 3 is 2.13 bits per heavy atom. The average molecular weight is 528 g/mol. The summed E-state index contributed by atoms with van der Waals surface area (Å²) in [6, 6.07) is 8.53. The van der Waals surface area contributed by atoms with E-state index in [1.54, 1.807) is 20.0 Å². The van der Waals surface area contributed by atoms with Crippen LogP contribution in [0.1, 0.15) is 54.0 Å². The summed E-state index contributed by atoms with van der Waals surface area (Å²) in [6.45, 7) is 11.9. The van der Waals surface area contributed by atoms with Gasteiger partial charge in [0, 0.05) is 45.1 Å². The standard InChI is InChI=1S/C30H41NO7/c1-18-14-15-27(34)31(8)26(17-25-12-10-9-11-13-25)30(35)36-22(5)21(4)29(38-24(7)33)20(3)16-19(2)28(18)37-23(6)32/h9-16,18,20-22,26,28-29H,17H2,1-8H3/t18-,20+,21+,22+,26+,28+,29-/m1/s1. The number of amides is 1. The Kier molecular flexibility index (Phi) is 11.3. The molecule has 208 valence electrons. The van der Waals surface area contributed by atoms with Crippen molar-refractivity contribution in [2.45, 2.75) is 79.2 Å².